The van der Waals surface area contributed by atoms with Crippen molar-refractivity contribution in [2.24, 2.45) is 7.05 Å². The molecule has 0 fully saturated rings. The maximum absolute atomic E-state index is 13.0. The Morgan fingerprint density at radius 1 is 1.14 bits per heavy atom. The quantitative estimate of drug-likeness (QED) is 0.360. The molecule has 2 heterocycles. The average Bonchev–Trinajstić information content (AvgIpc) is 3.12. The predicted molar refractivity (Wildman–Crippen MR) is 141 cm³/mol. The van der Waals surface area contributed by atoms with Gasteiger partial charge in [0.25, 0.3) is 0 Å². The summed E-state index contributed by atoms with van der Waals surface area (Å²) in [5.41, 5.74) is 9.87. The average molecular weight is 488 g/mol. The molecule has 0 spiro atoms. The molecule has 0 saturated heterocycles. The minimum atomic E-state index is -0.281. The third kappa shape index (κ3) is 4.67. The topological polar surface area (TPSA) is 130 Å². The van der Waals surface area contributed by atoms with Crippen LogP contribution in [0.15, 0.2) is 47.4 Å². The summed E-state index contributed by atoms with van der Waals surface area (Å²) in [6.07, 6.45) is 1.57. The molecule has 0 radical (unpaired) electrons. The first kappa shape index (κ1) is 24.6. The summed E-state index contributed by atoms with van der Waals surface area (Å²) in [6.45, 7) is 1.68. The molecule has 2 aromatic heterocycles. The lowest BCUT2D eigenvalue weighted by Gasteiger charge is -2.24. The number of nitrogens with zero attached hydrogens (tertiary/aromatic N) is 7. The van der Waals surface area contributed by atoms with Crippen molar-refractivity contribution in [2.75, 3.05) is 57.3 Å². The summed E-state index contributed by atoms with van der Waals surface area (Å²) in [4.78, 5) is 26.1. The number of imidazole rings is 1. The van der Waals surface area contributed by atoms with Crippen molar-refractivity contribution in [1.29, 1.82) is 5.26 Å². The Morgan fingerprint density at radius 3 is 2.61 bits per heavy atom. The van der Waals surface area contributed by atoms with Crippen LogP contribution in [0.25, 0.3) is 16.9 Å². The number of benzene rings is 2. The number of nitrogen functional groups attached to an aromatic ring is 1. The lowest BCUT2D eigenvalue weighted by Crippen LogP contribution is -2.29. The van der Waals surface area contributed by atoms with Crippen molar-refractivity contribution >= 4 is 34.0 Å². The van der Waals surface area contributed by atoms with Crippen LogP contribution in [0.1, 0.15) is 5.56 Å². The van der Waals surface area contributed by atoms with Crippen molar-refractivity contribution in [3.63, 3.8) is 0 Å². The van der Waals surface area contributed by atoms with Crippen LogP contribution in [0.2, 0.25) is 0 Å². The van der Waals surface area contributed by atoms with Gasteiger partial charge in [0.05, 0.1) is 46.8 Å². The zero-order valence-corrected chi connectivity index (χ0v) is 21.0. The molecule has 3 N–H and O–H groups in total. The van der Waals surface area contributed by atoms with E-state index in [1.807, 2.05) is 27.2 Å². The fourth-order valence-electron chi connectivity index (χ4n) is 3.94. The minimum absolute atomic E-state index is 0.275. The van der Waals surface area contributed by atoms with Gasteiger partial charge in [-0.1, -0.05) is 0 Å². The van der Waals surface area contributed by atoms with E-state index in [2.05, 4.69) is 31.2 Å². The third-order valence-electron chi connectivity index (χ3n) is 5.94. The van der Waals surface area contributed by atoms with E-state index in [0.717, 1.165) is 18.8 Å². The van der Waals surface area contributed by atoms with Gasteiger partial charge in [0.1, 0.15) is 11.6 Å². The van der Waals surface area contributed by atoms with Crippen LogP contribution in [-0.4, -0.2) is 65.3 Å². The van der Waals surface area contributed by atoms with Crippen molar-refractivity contribution in [3.8, 4) is 17.6 Å². The van der Waals surface area contributed by atoms with Gasteiger partial charge in [-0.2, -0.15) is 10.2 Å². The number of hydrogen-bond donors (Lipinski definition) is 2. The van der Waals surface area contributed by atoms with Gasteiger partial charge in [-0.15, -0.1) is 0 Å². The number of methoxy groups -OCH3 is 1. The van der Waals surface area contributed by atoms with E-state index in [9.17, 15) is 10.1 Å². The van der Waals surface area contributed by atoms with E-state index in [4.69, 9.17) is 10.5 Å². The predicted octanol–water partition coefficient (Wildman–Crippen LogP) is 2.32. The van der Waals surface area contributed by atoms with Crippen LogP contribution in [0.4, 0.5) is 23.0 Å². The number of ether oxygens (including phenoxy) is 1. The third-order valence-corrected chi connectivity index (χ3v) is 5.94. The number of nitrogens with one attached hydrogen (secondary N) is 1. The van der Waals surface area contributed by atoms with Crippen LogP contribution in [0.3, 0.4) is 0 Å². The lowest BCUT2D eigenvalue weighted by molar-refractivity contribution is 0.413. The molecular weight excluding hydrogens is 458 g/mol. The van der Waals surface area contributed by atoms with Crippen molar-refractivity contribution < 1.29 is 4.74 Å². The molecule has 0 amide bonds. The number of anilines is 4. The van der Waals surface area contributed by atoms with Gasteiger partial charge in [-0.3, -0.25) is 4.57 Å². The van der Waals surface area contributed by atoms with Crippen LogP contribution in [-0.2, 0) is 7.05 Å². The molecule has 0 saturated carbocycles. The van der Waals surface area contributed by atoms with Crippen LogP contribution >= 0.6 is 0 Å². The van der Waals surface area contributed by atoms with Gasteiger partial charge >= 0.3 is 5.69 Å². The second-order valence-electron chi connectivity index (χ2n) is 8.69. The number of likely N-dealkylation sites (N-methyl/N-ethyl adjacent to an activating group) is 2. The summed E-state index contributed by atoms with van der Waals surface area (Å²) in [5.74, 6) is 1.24. The summed E-state index contributed by atoms with van der Waals surface area (Å²) in [7, 11) is 9.27. The minimum Gasteiger partial charge on any atom is -0.494 e. The fourth-order valence-corrected chi connectivity index (χ4v) is 3.94. The van der Waals surface area contributed by atoms with Crippen LogP contribution in [0, 0.1) is 11.3 Å². The van der Waals surface area contributed by atoms with E-state index in [1.54, 1.807) is 50.7 Å². The molecule has 11 nitrogen and oxygen atoms in total. The second-order valence-corrected chi connectivity index (χ2v) is 8.69. The number of hydrogen-bond acceptors (Lipinski definition) is 9. The first-order chi connectivity index (χ1) is 17.2. The Morgan fingerprint density at radius 2 is 1.92 bits per heavy atom. The van der Waals surface area contributed by atoms with Gasteiger partial charge in [-0.25, -0.2) is 14.3 Å². The van der Waals surface area contributed by atoms with Crippen LogP contribution < -0.4 is 26.4 Å². The van der Waals surface area contributed by atoms with Crippen molar-refractivity contribution in [2.45, 2.75) is 0 Å². The van der Waals surface area contributed by atoms with Crippen LogP contribution in [0.5, 0.6) is 5.75 Å². The van der Waals surface area contributed by atoms with Gasteiger partial charge in [0, 0.05) is 45.5 Å². The summed E-state index contributed by atoms with van der Waals surface area (Å²) < 4.78 is 8.58. The molecule has 0 bridgehead atoms. The zero-order chi connectivity index (χ0) is 26.0. The molecule has 0 unspecified atom stereocenters. The normalized spacial score (nSPS) is 11.0. The number of aromatic nitrogens is 4. The van der Waals surface area contributed by atoms with E-state index < -0.39 is 0 Å². The standard InChI is InChI=1S/C25H29N9O2/c1-31(2)10-11-32(3)20-14-22(36-5)18(13-17(20)27)29-24-28-9-8-23(30-24)34-19-7-6-16(15-26)12-21(19)33(4)25(34)35/h6-9,12-14H,10-11,27H2,1-5H3,(H,28,29,30). The molecule has 0 aliphatic rings. The van der Waals surface area contributed by atoms with Gasteiger partial charge in [0.2, 0.25) is 5.95 Å². The molecule has 36 heavy (non-hydrogen) atoms. The Balaban J connectivity index is 1.69. The number of nitriles is 1. The van der Waals surface area contributed by atoms with E-state index in [1.165, 1.54) is 9.13 Å². The molecule has 11 heteroatoms. The Bertz CT molecular complexity index is 1510. The van der Waals surface area contributed by atoms with Crippen molar-refractivity contribution in [1.82, 2.24) is 24.0 Å². The molecule has 0 aliphatic heterocycles. The molecule has 0 atom stereocenters. The molecule has 186 valence electrons. The molecule has 0 aliphatic carbocycles. The van der Waals surface area contributed by atoms with Gasteiger partial charge in [-0.05, 0) is 38.4 Å². The first-order valence-electron chi connectivity index (χ1n) is 11.3. The highest BCUT2D eigenvalue weighted by atomic mass is 16.5. The maximum atomic E-state index is 13.0. The Labute approximate surface area is 209 Å². The largest absolute Gasteiger partial charge is 0.494 e. The highest BCUT2D eigenvalue weighted by Crippen LogP contribution is 2.36. The number of fused-ring (bicyclic) bond motifs is 1. The number of nitrogens with two attached hydrogens (primary N) is 1. The SMILES string of the molecule is COc1cc(N(C)CCN(C)C)c(N)cc1Nc1nccc(-n2c(=O)n(C)c3cc(C#N)ccc32)n1. The lowest BCUT2D eigenvalue weighted by atomic mass is 10.2. The molecular formula is C25H29N9O2. The summed E-state index contributed by atoms with van der Waals surface area (Å²) in [6, 6.07) is 12.5. The van der Waals surface area contributed by atoms with Gasteiger partial charge in [0.15, 0.2) is 0 Å². The zero-order valence-electron chi connectivity index (χ0n) is 21.0. The molecule has 4 rings (SSSR count). The monoisotopic (exact) mass is 487 g/mol. The summed E-state index contributed by atoms with van der Waals surface area (Å²) in [5, 5.41) is 12.4. The highest BCUT2D eigenvalue weighted by Gasteiger charge is 2.16. The number of rotatable bonds is 8. The first-order valence-corrected chi connectivity index (χ1v) is 11.3. The van der Waals surface area contributed by atoms with E-state index in [0.29, 0.717) is 39.5 Å². The smallest absolute Gasteiger partial charge is 0.334 e. The number of aryl methyl sites for hydroxylation is 1. The highest BCUT2D eigenvalue weighted by molar-refractivity contribution is 5.80. The molecule has 2 aromatic carbocycles. The van der Waals surface area contributed by atoms with Crippen molar-refractivity contribution in [3.05, 3.63) is 58.6 Å². The van der Waals surface area contributed by atoms with E-state index in [-0.39, 0.29) is 11.6 Å². The second kappa shape index (κ2) is 9.97. The fraction of sp³-hybridized carbons (Fsp3) is 0.280. The van der Waals surface area contributed by atoms with Gasteiger partial charge < -0.3 is 25.6 Å². The molecule has 4 aromatic rings. The Hall–Kier alpha value is -4.56. The van der Waals surface area contributed by atoms with E-state index >= 15 is 0 Å². The Kier molecular flexibility index (Phi) is 6.80. The maximum Gasteiger partial charge on any atom is 0.334 e. The summed E-state index contributed by atoms with van der Waals surface area (Å²) >= 11 is 0.